The van der Waals surface area contributed by atoms with Crippen LogP contribution in [-0.2, 0) is 17.0 Å². The molecule has 10 heteroatoms. The number of halogens is 3. The summed E-state index contributed by atoms with van der Waals surface area (Å²) >= 11 is 0. The maximum Gasteiger partial charge on any atom is 0.416 e. The van der Waals surface area contributed by atoms with Crippen LogP contribution in [0.1, 0.15) is 34.1 Å². The van der Waals surface area contributed by atoms with Crippen molar-refractivity contribution < 1.29 is 22.2 Å². The maximum atomic E-state index is 13.3. The van der Waals surface area contributed by atoms with Crippen LogP contribution in [0.25, 0.3) is 5.69 Å². The quantitative estimate of drug-likeness (QED) is 0.607. The number of nitrogens with zero attached hydrogens (tertiary/aromatic N) is 2. The van der Waals surface area contributed by atoms with Gasteiger partial charge in [0.1, 0.15) is 5.56 Å². The van der Waals surface area contributed by atoms with Gasteiger partial charge >= 0.3 is 6.18 Å². The Morgan fingerprint density at radius 3 is 2.39 bits per heavy atom. The van der Waals surface area contributed by atoms with Crippen molar-refractivity contribution in [2.75, 3.05) is 6.54 Å². The number of amides is 1. The van der Waals surface area contributed by atoms with Crippen LogP contribution < -0.4 is 10.9 Å². The first kappa shape index (κ1) is 23.9. The first-order chi connectivity index (χ1) is 15.6. The number of alkyl halides is 3. The molecule has 1 heterocycles. The van der Waals surface area contributed by atoms with Gasteiger partial charge in [-0.3, -0.25) is 14.2 Å². The lowest BCUT2D eigenvalue weighted by Crippen LogP contribution is -2.34. The molecule has 0 aliphatic rings. The van der Waals surface area contributed by atoms with E-state index in [2.05, 4.69) is 5.32 Å². The third-order valence-electron chi connectivity index (χ3n) is 4.81. The second kappa shape index (κ2) is 9.42. The minimum atomic E-state index is -4.64. The SMILES string of the molecule is CCNC(=O)c1cc(S(=O)c2ccc(C#N)cc2)c(C)n(-c2cccc(C(F)(F)F)c2)c1=O. The smallest absolute Gasteiger partial charge is 0.352 e. The van der Waals surface area contributed by atoms with Crippen molar-refractivity contribution in [2.24, 2.45) is 0 Å². The Kier molecular flexibility index (Phi) is 6.84. The highest BCUT2D eigenvalue weighted by Gasteiger charge is 2.31. The minimum absolute atomic E-state index is 0.0815. The molecule has 0 radical (unpaired) electrons. The molecule has 1 unspecified atom stereocenters. The van der Waals surface area contributed by atoms with Crippen molar-refractivity contribution in [3.63, 3.8) is 0 Å². The van der Waals surface area contributed by atoms with E-state index in [0.717, 1.165) is 22.8 Å². The van der Waals surface area contributed by atoms with E-state index in [-0.39, 0.29) is 28.4 Å². The molecule has 1 atom stereocenters. The van der Waals surface area contributed by atoms with E-state index in [0.29, 0.717) is 10.5 Å². The van der Waals surface area contributed by atoms with Crippen molar-refractivity contribution in [3.8, 4) is 11.8 Å². The highest BCUT2D eigenvalue weighted by molar-refractivity contribution is 7.85. The molecule has 0 saturated heterocycles. The van der Waals surface area contributed by atoms with Gasteiger partial charge in [0.2, 0.25) is 0 Å². The standard InChI is InChI=1S/C23H18F3N3O3S/c1-3-28-21(30)19-12-20(33(32)18-9-7-15(13-27)8-10-18)14(2)29(22(19)31)17-6-4-5-16(11-17)23(24,25)26/h4-12H,3H2,1-2H3,(H,28,30). The number of aromatic nitrogens is 1. The third kappa shape index (κ3) is 4.88. The second-order valence-electron chi connectivity index (χ2n) is 6.96. The summed E-state index contributed by atoms with van der Waals surface area (Å²) in [6.07, 6.45) is -4.64. The van der Waals surface area contributed by atoms with Gasteiger partial charge in [0, 0.05) is 22.8 Å². The molecule has 0 bridgehead atoms. The largest absolute Gasteiger partial charge is 0.416 e. The van der Waals surface area contributed by atoms with Gasteiger partial charge in [-0.1, -0.05) is 6.07 Å². The van der Waals surface area contributed by atoms with Crippen LogP contribution in [0.4, 0.5) is 13.2 Å². The Balaban J connectivity index is 2.28. The molecule has 0 spiro atoms. The zero-order chi connectivity index (χ0) is 24.3. The van der Waals surface area contributed by atoms with Gasteiger partial charge < -0.3 is 5.32 Å². The number of nitrogens with one attached hydrogen (secondary N) is 1. The lowest BCUT2D eigenvalue weighted by atomic mass is 10.1. The van der Waals surface area contributed by atoms with Gasteiger partial charge in [-0.05, 0) is 62.4 Å². The van der Waals surface area contributed by atoms with E-state index < -0.39 is 34.0 Å². The summed E-state index contributed by atoms with van der Waals surface area (Å²) in [5.41, 5.74) is -1.80. The first-order valence-electron chi connectivity index (χ1n) is 9.73. The number of nitriles is 1. The molecule has 2 aromatic carbocycles. The molecule has 0 saturated carbocycles. The molecule has 0 fully saturated rings. The second-order valence-corrected chi connectivity index (χ2v) is 8.41. The number of rotatable bonds is 5. The van der Waals surface area contributed by atoms with E-state index in [1.54, 1.807) is 6.92 Å². The minimum Gasteiger partial charge on any atom is -0.352 e. The summed E-state index contributed by atoms with van der Waals surface area (Å²) in [4.78, 5) is 26.1. The topological polar surface area (TPSA) is 92.0 Å². The monoisotopic (exact) mass is 473 g/mol. The summed E-state index contributed by atoms with van der Waals surface area (Å²) in [6.45, 7) is 3.30. The van der Waals surface area contributed by atoms with Crippen LogP contribution in [0.3, 0.4) is 0 Å². The normalized spacial score (nSPS) is 12.1. The van der Waals surface area contributed by atoms with Crippen LogP contribution in [-0.4, -0.2) is 21.2 Å². The lowest BCUT2D eigenvalue weighted by molar-refractivity contribution is -0.137. The van der Waals surface area contributed by atoms with Crippen molar-refractivity contribution in [3.05, 3.63) is 87.3 Å². The molecule has 1 aromatic heterocycles. The fourth-order valence-corrected chi connectivity index (χ4v) is 4.42. The van der Waals surface area contributed by atoms with Gasteiger partial charge in [-0.15, -0.1) is 0 Å². The van der Waals surface area contributed by atoms with Gasteiger partial charge in [0.05, 0.1) is 32.9 Å². The summed E-state index contributed by atoms with van der Waals surface area (Å²) in [6, 6.07) is 13.1. The van der Waals surface area contributed by atoms with Gasteiger partial charge in [0.15, 0.2) is 0 Å². The number of hydrogen-bond donors (Lipinski definition) is 1. The molecule has 3 rings (SSSR count). The highest BCUT2D eigenvalue weighted by atomic mass is 32.2. The Labute approximate surface area is 189 Å². The van der Waals surface area contributed by atoms with Crippen LogP contribution in [0, 0.1) is 18.3 Å². The van der Waals surface area contributed by atoms with Gasteiger partial charge in [-0.2, -0.15) is 18.4 Å². The average Bonchev–Trinajstić information content (AvgIpc) is 2.78. The van der Waals surface area contributed by atoms with Crippen molar-refractivity contribution in [1.82, 2.24) is 9.88 Å². The molecule has 3 aromatic rings. The van der Waals surface area contributed by atoms with Gasteiger partial charge in [-0.25, -0.2) is 4.21 Å². The molecule has 1 N–H and O–H groups in total. The highest BCUT2D eigenvalue weighted by Crippen LogP contribution is 2.31. The Hall–Kier alpha value is -3.71. The van der Waals surface area contributed by atoms with Crippen LogP contribution in [0.5, 0.6) is 0 Å². The van der Waals surface area contributed by atoms with E-state index in [4.69, 9.17) is 5.26 Å². The summed E-state index contributed by atoms with van der Waals surface area (Å²) in [7, 11) is -1.89. The zero-order valence-electron chi connectivity index (χ0n) is 17.6. The molecule has 0 aliphatic heterocycles. The van der Waals surface area contributed by atoms with Crippen molar-refractivity contribution in [2.45, 2.75) is 29.8 Å². The van der Waals surface area contributed by atoms with Crippen LogP contribution in [0.15, 0.2) is 69.2 Å². The third-order valence-corrected chi connectivity index (χ3v) is 6.32. The summed E-state index contributed by atoms with van der Waals surface area (Å²) < 4.78 is 54.1. The average molecular weight is 473 g/mol. The van der Waals surface area contributed by atoms with E-state index in [1.165, 1.54) is 43.3 Å². The van der Waals surface area contributed by atoms with Crippen molar-refractivity contribution in [1.29, 1.82) is 5.26 Å². The van der Waals surface area contributed by atoms with Crippen LogP contribution in [0.2, 0.25) is 0 Å². The lowest BCUT2D eigenvalue weighted by Gasteiger charge is -2.17. The Morgan fingerprint density at radius 2 is 1.82 bits per heavy atom. The van der Waals surface area contributed by atoms with Gasteiger partial charge in [0.25, 0.3) is 11.5 Å². The van der Waals surface area contributed by atoms with E-state index in [9.17, 15) is 27.0 Å². The van der Waals surface area contributed by atoms with Crippen molar-refractivity contribution >= 4 is 16.7 Å². The van der Waals surface area contributed by atoms with E-state index in [1.807, 2.05) is 6.07 Å². The Morgan fingerprint density at radius 1 is 1.15 bits per heavy atom. The molecule has 33 heavy (non-hydrogen) atoms. The maximum absolute atomic E-state index is 13.3. The van der Waals surface area contributed by atoms with E-state index >= 15 is 0 Å². The molecule has 6 nitrogen and oxygen atoms in total. The molecule has 170 valence electrons. The number of carbonyl (C=O) groups excluding carboxylic acids is 1. The molecule has 0 aliphatic carbocycles. The number of benzene rings is 2. The summed E-state index contributed by atoms with van der Waals surface area (Å²) in [5, 5.41) is 11.5. The fraction of sp³-hybridized carbons (Fsp3) is 0.174. The number of carbonyl (C=O) groups is 1. The first-order valence-corrected chi connectivity index (χ1v) is 10.9. The Bertz CT molecular complexity index is 1340. The molecule has 1 amide bonds. The fourth-order valence-electron chi connectivity index (χ4n) is 3.20. The predicted octanol–water partition coefficient (Wildman–Crippen LogP) is 3.95. The number of pyridine rings is 1. The zero-order valence-corrected chi connectivity index (χ0v) is 18.4. The van der Waals surface area contributed by atoms with Crippen LogP contribution >= 0.6 is 0 Å². The number of hydrogen-bond acceptors (Lipinski definition) is 4. The molecular weight excluding hydrogens is 455 g/mol. The molecular formula is C23H18F3N3O3S. The predicted molar refractivity (Wildman–Crippen MR) is 116 cm³/mol. The summed E-state index contributed by atoms with van der Waals surface area (Å²) in [5.74, 6) is -0.735.